The van der Waals surface area contributed by atoms with Crippen LogP contribution in [0.4, 0.5) is 0 Å². The number of para-hydroxylation sites is 1. The second-order valence-electron chi connectivity index (χ2n) is 4.95. The smallest absolute Gasteiger partial charge is 0.200 e. The lowest BCUT2D eigenvalue weighted by Gasteiger charge is -2.10. The molecule has 0 bridgehead atoms. The molecule has 0 N–H and O–H groups in total. The topological polar surface area (TPSA) is 48.7 Å². The Hall–Kier alpha value is -2.75. The lowest BCUT2D eigenvalue weighted by molar-refractivity contribution is 0.411. The van der Waals surface area contributed by atoms with E-state index in [2.05, 4.69) is 0 Å². The van der Waals surface area contributed by atoms with Crippen LogP contribution in [0.1, 0.15) is 5.56 Å². The first kappa shape index (κ1) is 14.2. The summed E-state index contributed by atoms with van der Waals surface area (Å²) in [6.45, 7) is 1.87. The molecule has 3 aromatic rings. The number of aryl methyl sites for hydroxylation is 1. The minimum absolute atomic E-state index is 0.0866. The summed E-state index contributed by atoms with van der Waals surface area (Å²) in [5.41, 5.74) is 2.46. The highest BCUT2D eigenvalue weighted by Gasteiger charge is 2.15. The first-order valence-electron chi connectivity index (χ1n) is 6.90. The number of benzene rings is 2. The van der Waals surface area contributed by atoms with Crippen LogP contribution in [0.25, 0.3) is 22.1 Å². The van der Waals surface area contributed by atoms with E-state index < -0.39 is 0 Å². The molecule has 0 aliphatic rings. The van der Waals surface area contributed by atoms with Crippen molar-refractivity contribution in [1.82, 2.24) is 0 Å². The van der Waals surface area contributed by atoms with E-state index in [0.717, 1.165) is 5.56 Å². The van der Waals surface area contributed by atoms with E-state index in [9.17, 15) is 4.79 Å². The molecular weight excluding hydrogens is 280 g/mol. The van der Waals surface area contributed by atoms with Crippen molar-refractivity contribution in [3.8, 4) is 22.6 Å². The molecule has 0 spiro atoms. The number of ether oxygens (including phenoxy) is 2. The Morgan fingerprint density at radius 1 is 0.909 bits per heavy atom. The predicted octanol–water partition coefficient (Wildman–Crippen LogP) is 3.79. The largest absolute Gasteiger partial charge is 0.496 e. The highest BCUT2D eigenvalue weighted by molar-refractivity contribution is 5.86. The molecule has 1 heterocycles. The summed E-state index contributed by atoms with van der Waals surface area (Å²) in [7, 11) is 3.17. The summed E-state index contributed by atoms with van der Waals surface area (Å²) in [6.07, 6.45) is 1.48. The van der Waals surface area contributed by atoms with Gasteiger partial charge in [-0.25, -0.2) is 0 Å². The fourth-order valence-corrected chi connectivity index (χ4v) is 2.59. The first-order chi connectivity index (χ1) is 10.7. The van der Waals surface area contributed by atoms with Crippen LogP contribution in [0, 0.1) is 6.92 Å². The van der Waals surface area contributed by atoms with E-state index in [1.54, 1.807) is 26.4 Å². The fraction of sp³-hybridized carbons (Fsp3) is 0.167. The maximum atomic E-state index is 12.8. The Labute approximate surface area is 127 Å². The third kappa shape index (κ3) is 2.13. The van der Waals surface area contributed by atoms with Gasteiger partial charge in [-0.1, -0.05) is 18.2 Å². The molecule has 1 aromatic heterocycles. The number of hydrogen-bond acceptors (Lipinski definition) is 4. The summed E-state index contributed by atoms with van der Waals surface area (Å²) in [5.74, 6) is 1.33. The number of rotatable bonds is 3. The van der Waals surface area contributed by atoms with Gasteiger partial charge in [-0.3, -0.25) is 4.79 Å². The molecule has 2 aromatic carbocycles. The van der Waals surface area contributed by atoms with E-state index in [4.69, 9.17) is 13.9 Å². The second kappa shape index (κ2) is 5.56. The van der Waals surface area contributed by atoms with Crippen molar-refractivity contribution in [2.45, 2.75) is 6.92 Å². The van der Waals surface area contributed by atoms with Crippen molar-refractivity contribution in [3.63, 3.8) is 0 Å². The van der Waals surface area contributed by atoms with Crippen LogP contribution in [-0.2, 0) is 0 Å². The first-order valence-corrected chi connectivity index (χ1v) is 6.90. The highest BCUT2D eigenvalue weighted by atomic mass is 16.5. The van der Waals surface area contributed by atoms with E-state index in [0.29, 0.717) is 33.6 Å². The minimum Gasteiger partial charge on any atom is -0.496 e. The van der Waals surface area contributed by atoms with Gasteiger partial charge < -0.3 is 13.9 Å². The van der Waals surface area contributed by atoms with E-state index in [1.807, 2.05) is 31.2 Å². The van der Waals surface area contributed by atoms with Crippen LogP contribution in [0.3, 0.4) is 0 Å². The SMILES string of the molecule is COc1ccccc1-c1coc2c(C)c(OC)ccc2c1=O. The standard InChI is InChI=1S/C18H16O4/c1-11-15(20-2)9-8-13-17(19)14(10-22-18(11)13)12-6-4-5-7-16(12)21-3/h4-10H,1-3H3. The van der Waals surface area contributed by atoms with Crippen molar-refractivity contribution in [2.24, 2.45) is 0 Å². The molecule has 4 heteroatoms. The Morgan fingerprint density at radius 2 is 1.64 bits per heavy atom. The van der Waals surface area contributed by atoms with Crippen molar-refractivity contribution in [3.05, 3.63) is 58.4 Å². The molecule has 0 unspecified atom stereocenters. The van der Waals surface area contributed by atoms with E-state index in [1.165, 1.54) is 6.26 Å². The van der Waals surface area contributed by atoms with Crippen LogP contribution in [0.15, 0.2) is 51.9 Å². The maximum absolute atomic E-state index is 12.8. The van der Waals surface area contributed by atoms with Crippen LogP contribution < -0.4 is 14.9 Å². The van der Waals surface area contributed by atoms with E-state index in [-0.39, 0.29) is 5.43 Å². The Balaban J connectivity index is 2.30. The van der Waals surface area contributed by atoms with Crippen molar-refractivity contribution in [2.75, 3.05) is 14.2 Å². The molecule has 0 fully saturated rings. The molecule has 4 nitrogen and oxygen atoms in total. The molecule has 0 radical (unpaired) electrons. The quantitative estimate of drug-likeness (QED) is 0.738. The zero-order valence-corrected chi connectivity index (χ0v) is 12.7. The lowest BCUT2D eigenvalue weighted by atomic mass is 10.0. The van der Waals surface area contributed by atoms with Gasteiger partial charge in [0.2, 0.25) is 5.43 Å². The fourth-order valence-electron chi connectivity index (χ4n) is 2.59. The summed E-state index contributed by atoms with van der Waals surface area (Å²) in [4.78, 5) is 12.8. The molecule has 0 saturated carbocycles. The summed E-state index contributed by atoms with van der Waals surface area (Å²) in [6, 6.07) is 10.9. The molecule has 22 heavy (non-hydrogen) atoms. The molecule has 0 amide bonds. The Bertz CT molecular complexity index is 893. The second-order valence-corrected chi connectivity index (χ2v) is 4.95. The Kier molecular flexibility index (Phi) is 3.59. The van der Waals surface area contributed by atoms with Crippen LogP contribution in [0.5, 0.6) is 11.5 Å². The molecule has 0 atom stereocenters. The maximum Gasteiger partial charge on any atom is 0.200 e. The lowest BCUT2D eigenvalue weighted by Crippen LogP contribution is -2.06. The number of fused-ring (bicyclic) bond motifs is 1. The average molecular weight is 296 g/mol. The average Bonchev–Trinajstić information content (AvgIpc) is 2.56. The van der Waals surface area contributed by atoms with Gasteiger partial charge in [-0.15, -0.1) is 0 Å². The number of hydrogen-bond donors (Lipinski definition) is 0. The van der Waals surface area contributed by atoms with Gasteiger partial charge in [0, 0.05) is 11.1 Å². The van der Waals surface area contributed by atoms with Crippen molar-refractivity contribution < 1.29 is 13.9 Å². The summed E-state index contributed by atoms with van der Waals surface area (Å²) >= 11 is 0. The molecule has 112 valence electrons. The third-order valence-corrected chi connectivity index (χ3v) is 3.76. The summed E-state index contributed by atoms with van der Waals surface area (Å²) < 4.78 is 16.3. The zero-order chi connectivity index (χ0) is 15.7. The van der Waals surface area contributed by atoms with Crippen molar-refractivity contribution >= 4 is 11.0 Å². The molecule has 0 aliphatic carbocycles. The number of methoxy groups -OCH3 is 2. The molecule has 0 saturated heterocycles. The van der Waals surface area contributed by atoms with Gasteiger partial charge in [0.05, 0.1) is 25.2 Å². The van der Waals surface area contributed by atoms with Crippen LogP contribution in [-0.4, -0.2) is 14.2 Å². The summed E-state index contributed by atoms with van der Waals surface area (Å²) in [5, 5.41) is 0.529. The zero-order valence-electron chi connectivity index (χ0n) is 12.7. The van der Waals surface area contributed by atoms with Gasteiger partial charge in [0.25, 0.3) is 0 Å². The highest BCUT2D eigenvalue weighted by Crippen LogP contribution is 2.31. The normalized spacial score (nSPS) is 10.7. The molecule has 3 rings (SSSR count). The third-order valence-electron chi connectivity index (χ3n) is 3.76. The van der Waals surface area contributed by atoms with Crippen molar-refractivity contribution in [1.29, 1.82) is 0 Å². The van der Waals surface area contributed by atoms with Gasteiger partial charge >= 0.3 is 0 Å². The molecular formula is C18H16O4. The van der Waals surface area contributed by atoms with Crippen LogP contribution in [0.2, 0.25) is 0 Å². The minimum atomic E-state index is -0.0866. The van der Waals surface area contributed by atoms with Gasteiger partial charge in [-0.05, 0) is 25.1 Å². The van der Waals surface area contributed by atoms with E-state index >= 15 is 0 Å². The predicted molar refractivity (Wildman–Crippen MR) is 85.8 cm³/mol. The van der Waals surface area contributed by atoms with Crippen LogP contribution >= 0.6 is 0 Å². The van der Waals surface area contributed by atoms with Gasteiger partial charge in [0.1, 0.15) is 23.3 Å². The van der Waals surface area contributed by atoms with Gasteiger partial charge in [-0.2, -0.15) is 0 Å². The molecule has 0 aliphatic heterocycles. The monoisotopic (exact) mass is 296 g/mol. The Morgan fingerprint density at radius 3 is 2.36 bits per heavy atom. The van der Waals surface area contributed by atoms with Gasteiger partial charge in [0.15, 0.2) is 0 Å².